The molecule has 0 aliphatic rings. The number of para-hydroxylation sites is 1. The lowest BCUT2D eigenvalue weighted by molar-refractivity contribution is 0.102. The number of aryl methyl sites for hydroxylation is 1. The van der Waals surface area contributed by atoms with Gasteiger partial charge in [0.25, 0.3) is 11.7 Å². The van der Waals surface area contributed by atoms with Crippen LogP contribution in [0.3, 0.4) is 0 Å². The Morgan fingerprint density at radius 2 is 2.04 bits per heavy atom. The van der Waals surface area contributed by atoms with Crippen molar-refractivity contribution in [2.24, 2.45) is 0 Å². The third-order valence-electron chi connectivity index (χ3n) is 3.09. The maximum absolute atomic E-state index is 12.6. The summed E-state index contributed by atoms with van der Waals surface area (Å²) in [6.45, 7) is 1.77. The Labute approximate surface area is 149 Å². The van der Waals surface area contributed by atoms with Crippen LogP contribution < -0.4 is 5.32 Å². The van der Waals surface area contributed by atoms with Crippen molar-refractivity contribution in [2.45, 2.75) is 17.6 Å². The fraction of sp³-hybridized carbons (Fsp3) is 0.125. The zero-order valence-corrected chi connectivity index (χ0v) is 14.9. The minimum Gasteiger partial charge on any atom is -0.320 e. The second-order valence-corrected chi connectivity index (χ2v) is 7.72. The van der Waals surface area contributed by atoms with Gasteiger partial charge in [-0.2, -0.15) is 8.78 Å². The number of carbonyl (C=O) groups is 1. The van der Waals surface area contributed by atoms with Gasteiger partial charge in [0, 0.05) is 4.90 Å². The molecule has 1 N–H and O–H groups in total. The molecule has 3 nitrogen and oxygen atoms in total. The summed E-state index contributed by atoms with van der Waals surface area (Å²) >= 11 is 3.26. The SMILES string of the molecule is Cc1nc(-c2cccs2)sc1C(=O)Nc1ccccc1SC(F)F. The molecule has 0 atom stereocenters. The van der Waals surface area contributed by atoms with E-state index in [2.05, 4.69) is 10.3 Å². The van der Waals surface area contributed by atoms with Crippen LogP contribution in [0.4, 0.5) is 14.5 Å². The second-order valence-electron chi connectivity index (χ2n) is 4.74. The molecule has 3 aromatic rings. The molecule has 124 valence electrons. The number of thioether (sulfide) groups is 1. The Morgan fingerprint density at radius 1 is 1.25 bits per heavy atom. The van der Waals surface area contributed by atoms with Gasteiger partial charge >= 0.3 is 0 Å². The third kappa shape index (κ3) is 3.82. The highest BCUT2D eigenvalue weighted by Gasteiger charge is 2.18. The first-order valence-corrected chi connectivity index (χ1v) is 9.48. The minimum atomic E-state index is -2.54. The zero-order valence-electron chi connectivity index (χ0n) is 12.5. The Bertz CT molecular complexity index is 847. The maximum Gasteiger partial charge on any atom is 0.288 e. The van der Waals surface area contributed by atoms with Crippen LogP contribution in [0.1, 0.15) is 15.4 Å². The number of benzene rings is 1. The highest BCUT2D eigenvalue weighted by Crippen LogP contribution is 2.34. The molecule has 2 heterocycles. The number of thiazole rings is 1. The van der Waals surface area contributed by atoms with Gasteiger partial charge in [0.1, 0.15) is 9.88 Å². The first-order chi connectivity index (χ1) is 11.5. The van der Waals surface area contributed by atoms with Crippen LogP contribution in [-0.4, -0.2) is 16.6 Å². The fourth-order valence-corrected chi connectivity index (χ4v) is 4.41. The maximum atomic E-state index is 12.6. The van der Waals surface area contributed by atoms with E-state index in [1.54, 1.807) is 42.5 Å². The summed E-state index contributed by atoms with van der Waals surface area (Å²) in [5.74, 6) is -2.88. The molecule has 8 heteroatoms. The van der Waals surface area contributed by atoms with E-state index >= 15 is 0 Å². The van der Waals surface area contributed by atoms with Crippen molar-refractivity contribution in [3.8, 4) is 9.88 Å². The van der Waals surface area contributed by atoms with E-state index in [1.807, 2.05) is 17.5 Å². The van der Waals surface area contributed by atoms with Crippen LogP contribution in [0.15, 0.2) is 46.7 Å². The first-order valence-electron chi connectivity index (χ1n) is 6.91. The number of amides is 1. The Balaban J connectivity index is 1.84. The molecule has 0 aliphatic heterocycles. The molecule has 0 aliphatic carbocycles. The number of hydrogen-bond donors (Lipinski definition) is 1. The lowest BCUT2D eigenvalue weighted by Gasteiger charge is -2.09. The number of anilines is 1. The summed E-state index contributed by atoms with van der Waals surface area (Å²) in [6, 6.07) is 10.4. The number of carbonyl (C=O) groups excluding carboxylic acids is 1. The fourth-order valence-electron chi connectivity index (χ4n) is 2.06. The topological polar surface area (TPSA) is 42.0 Å². The highest BCUT2D eigenvalue weighted by molar-refractivity contribution is 7.99. The molecule has 0 unspecified atom stereocenters. The zero-order chi connectivity index (χ0) is 17.1. The van der Waals surface area contributed by atoms with Crippen molar-refractivity contribution in [3.05, 3.63) is 52.3 Å². The van der Waals surface area contributed by atoms with Gasteiger partial charge in [-0.3, -0.25) is 4.79 Å². The number of alkyl halides is 2. The molecular weight excluding hydrogens is 370 g/mol. The van der Waals surface area contributed by atoms with Crippen molar-refractivity contribution < 1.29 is 13.6 Å². The summed E-state index contributed by atoms with van der Waals surface area (Å²) in [6.07, 6.45) is 0. The smallest absolute Gasteiger partial charge is 0.288 e. The number of aromatic nitrogens is 1. The Kier molecular flexibility index (Phi) is 5.27. The highest BCUT2D eigenvalue weighted by atomic mass is 32.2. The normalized spacial score (nSPS) is 11.0. The number of nitrogens with one attached hydrogen (secondary N) is 1. The van der Waals surface area contributed by atoms with Gasteiger partial charge < -0.3 is 5.32 Å². The molecule has 2 aromatic heterocycles. The first kappa shape index (κ1) is 17.1. The molecule has 1 amide bonds. The number of nitrogens with zero attached hydrogens (tertiary/aromatic N) is 1. The van der Waals surface area contributed by atoms with Gasteiger partial charge in [-0.1, -0.05) is 30.0 Å². The summed E-state index contributed by atoms with van der Waals surface area (Å²) in [5, 5.41) is 5.44. The van der Waals surface area contributed by atoms with Crippen LogP contribution in [0, 0.1) is 6.92 Å². The van der Waals surface area contributed by atoms with Gasteiger partial charge in [0.05, 0.1) is 16.3 Å². The lowest BCUT2D eigenvalue weighted by atomic mass is 10.3. The quantitative estimate of drug-likeness (QED) is 0.572. The van der Waals surface area contributed by atoms with Crippen LogP contribution in [0.2, 0.25) is 0 Å². The number of thiophene rings is 1. The van der Waals surface area contributed by atoms with E-state index in [4.69, 9.17) is 0 Å². The van der Waals surface area contributed by atoms with Gasteiger partial charge in [-0.05, 0) is 30.5 Å². The van der Waals surface area contributed by atoms with Gasteiger partial charge in [-0.15, -0.1) is 22.7 Å². The molecule has 0 radical (unpaired) electrons. The van der Waals surface area contributed by atoms with Crippen LogP contribution in [0.25, 0.3) is 9.88 Å². The van der Waals surface area contributed by atoms with E-state index in [9.17, 15) is 13.6 Å². The average Bonchev–Trinajstić information content (AvgIpc) is 3.18. The van der Waals surface area contributed by atoms with E-state index in [1.165, 1.54) is 11.3 Å². The van der Waals surface area contributed by atoms with E-state index in [-0.39, 0.29) is 5.91 Å². The predicted octanol–water partition coefficient (Wildman–Crippen LogP) is 5.75. The van der Waals surface area contributed by atoms with Gasteiger partial charge in [-0.25, -0.2) is 4.98 Å². The molecule has 0 saturated heterocycles. The molecule has 0 saturated carbocycles. The average molecular weight is 382 g/mol. The second kappa shape index (κ2) is 7.42. The molecule has 1 aromatic carbocycles. The molecule has 3 rings (SSSR count). The van der Waals surface area contributed by atoms with Crippen molar-refractivity contribution >= 4 is 46.0 Å². The summed E-state index contributed by atoms with van der Waals surface area (Å²) in [7, 11) is 0. The standard InChI is InChI=1S/C16H12F2N2OS3/c1-9-13(24-15(19-9)12-7-4-8-22-12)14(21)20-10-5-2-3-6-11(10)23-16(17)18/h2-8,16H,1H3,(H,20,21). The van der Waals surface area contributed by atoms with E-state index in [0.29, 0.717) is 32.9 Å². The minimum absolute atomic E-state index is 0.335. The van der Waals surface area contributed by atoms with E-state index < -0.39 is 5.76 Å². The van der Waals surface area contributed by atoms with Crippen molar-refractivity contribution in [1.82, 2.24) is 4.98 Å². The van der Waals surface area contributed by atoms with Crippen LogP contribution in [0.5, 0.6) is 0 Å². The summed E-state index contributed by atoms with van der Waals surface area (Å²) in [5.41, 5.74) is 0.998. The molecule has 0 fully saturated rings. The number of halogens is 2. The largest absolute Gasteiger partial charge is 0.320 e. The molecular formula is C16H12F2N2OS3. The third-order valence-corrected chi connectivity index (χ3v) is 6.07. The Hall–Kier alpha value is -1.77. The van der Waals surface area contributed by atoms with Crippen LogP contribution >= 0.6 is 34.4 Å². The summed E-state index contributed by atoms with van der Waals surface area (Å²) < 4.78 is 25.3. The van der Waals surface area contributed by atoms with Gasteiger partial charge in [0.15, 0.2) is 0 Å². The van der Waals surface area contributed by atoms with Gasteiger partial charge in [0.2, 0.25) is 0 Å². The number of hydrogen-bond acceptors (Lipinski definition) is 5. The van der Waals surface area contributed by atoms with E-state index in [0.717, 1.165) is 9.88 Å². The van der Waals surface area contributed by atoms with Crippen LogP contribution in [-0.2, 0) is 0 Å². The number of rotatable bonds is 5. The molecule has 0 spiro atoms. The van der Waals surface area contributed by atoms with Crippen molar-refractivity contribution in [3.63, 3.8) is 0 Å². The molecule has 24 heavy (non-hydrogen) atoms. The Morgan fingerprint density at radius 3 is 2.75 bits per heavy atom. The monoisotopic (exact) mass is 382 g/mol. The lowest BCUT2D eigenvalue weighted by Crippen LogP contribution is -2.12. The predicted molar refractivity (Wildman–Crippen MR) is 96.4 cm³/mol. The molecule has 0 bridgehead atoms. The van der Waals surface area contributed by atoms with Crippen molar-refractivity contribution in [1.29, 1.82) is 0 Å². The van der Waals surface area contributed by atoms with Crippen molar-refractivity contribution in [2.75, 3.05) is 5.32 Å². The summed E-state index contributed by atoms with van der Waals surface area (Å²) in [4.78, 5) is 18.8.